The normalized spacial score (nSPS) is 11.0. The molecule has 3 rings (SSSR count). The Morgan fingerprint density at radius 2 is 1.76 bits per heavy atom. The summed E-state index contributed by atoms with van der Waals surface area (Å²) in [7, 11) is 0. The maximum Gasteiger partial charge on any atom is 0.123 e. The van der Waals surface area contributed by atoms with E-state index in [2.05, 4.69) is 42.3 Å². The topological polar surface area (TPSA) is 4.93 Å². The highest BCUT2D eigenvalue weighted by Crippen LogP contribution is 2.24. The van der Waals surface area contributed by atoms with Crippen LogP contribution in [0.5, 0.6) is 0 Å². The van der Waals surface area contributed by atoms with Crippen molar-refractivity contribution in [1.29, 1.82) is 0 Å². The lowest BCUT2D eigenvalue weighted by Crippen LogP contribution is -2.01. The van der Waals surface area contributed by atoms with E-state index in [1.807, 2.05) is 18.2 Å². The van der Waals surface area contributed by atoms with Crippen LogP contribution in [0.1, 0.15) is 23.7 Å². The molecule has 3 aromatic rings. The molecule has 0 atom stereocenters. The van der Waals surface area contributed by atoms with Gasteiger partial charge in [0.1, 0.15) is 5.82 Å². The van der Waals surface area contributed by atoms with Crippen molar-refractivity contribution >= 4 is 17.0 Å². The monoisotopic (exact) mass is 279 g/mol. The van der Waals surface area contributed by atoms with Crippen molar-refractivity contribution in [2.24, 2.45) is 0 Å². The molecule has 0 aliphatic carbocycles. The number of halogens is 1. The highest BCUT2D eigenvalue weighted by atomic mass is 19.1. The number of aryl methyl sites for hydroxylation is 1. The minimum absolute atomic E-state index is 0.201. The van der Waals surface area contributed by atoms with E-state index in [0.29, 0.717) is 0 Å². The maximum absolute atomic E-state index is 13.0. The first kappa shape index (κ1) is 13.6. The number of fused-ring (bicyclic) bond motifs is 1. The lowest BCUT2D eigenvalue weighted by atomic mass is 10.1. The molecule has 0 fully saturated rings. The Hall–Kier alpha value is -2.35. The van der Waals surface area contributed by atoms with Crippen LogP contribution in [-0.4, -0.2) is 4.57 Å². The fourth-order valence-electron chi connectivity index (χ4n) is 2.66. The molecule has 0 saturated carbocycles. The van der Waals surface area contributed by atoms with Gasteiger partial charge >= 0.3 is 0 Å². The molecule has 0 bridgehead atoms. The highest BCUT2D eigenvalue weighted by molar-refractivity contribution is 5.84. The molecular weight excluding hydrogens is 261 g/mol. The van der Waals surface area contributed by atoms with Gasteiger partial charge in [0.15, 0.2) is 0 Å². The van der Waals surface area contributed by atoms with Crippen LogP contribution in [0, 0.1) is 5.82 Å². The zero-order valence-corrected chi connectivity index (χ0v) is 12.1. The van der Waals surface area contributed by atoms with E-state index in [-0.39, 0.29) is 5.82 Å². The average Bonchev–Trinajstić information content (AvgIpc) is 2.86. The van der Waals surface area contributed by atoms with Crippen LogP contribution in [0.25, 0.3) is 17.0 Å². The van der Waals surface area contributed by atoms with Gasteiger partial charge in [-0.1, -0.05) is 37.8 Å². The van der Waals surface area contributed by atoms with Gasteiger partial charge in [-0.2, -0.15) is 0 Å². The zero-order valence-electron chi connectivity index (χ0n) is 12.1. The van der Waals surface area contributed by atoms with Crippen LogP contribution >= 0.6 is 0 Å². The summed E-state index contributed by atoms with van der Waals surface area (Å²) in [5, 5.41) is 1.21. The third-order valence-electron chi connectivity index (χ3n) is 3.87. The molecule has 21 heavy (non-hydrogen) atoms. The second-order valence-electron chi connectivity index (χ2n) is 5.23. The Kier molecular flexibility index (Phi) is 3.61. The summed E-state index contributed by atoms with van der Waals surface area (Å²) in [6.07, 6.45) is 2.89. The summed E-state index contributed by atoms with van der Waals surface area (Å²) < 4.78 is 15.3. The van der Waals surface area contributed by atoms with Gasteiger partial charge in [-0.3, -0.25) is 0 Å². The average molecular weight is 279 g/mol. The Morgan fingerprint density at radius 1 is 1.05 bits per heavy atom. The van der Waals surface area contributed by atoms with Gasteiger partial charge in [0.05, 0.1) is 0 Å². The fraction of sp³-hybridized carbons (Fsp3) is 0.158. The van der Waals surface area contributed by atoms with E-state index >= 15 is 0 Å². The molecule has 0 radical (unpaired) electrons. The lowest BCUT2D eigenvalue weighted by molar-refractivity contribution is 0.626. The van der Waals surface area contributed by atoms with Gasteiger partial charge in [0.25, 0.3) is 0 Å². The molecule has 2 aromatic carbocycles. The van der Waals surface area contributed by atoms with Crippen LogP contribution in [-0.2, 0) is 13.0 Å². The van der Waals surface area contributed by atoms with E-state index in [4.69, 9.17) is 0 Å². The van der Waals surface area contributed by atoms with Gasteiger partial charge in [-0.25, -0.2) is 4.39 Å². The SMILES string of the molecule is C=Cc1cc2ccc(CC)cc2n1Cc1ccc(F)cc1. The molecule has 0 unspecified atom stereocenters. The largest absolute Gasteiger partial charge is 0.336 e. The van der Waals surface area contributed by atoms with Crippen LogP contribution in [0.2, 0.25) is 0 Å². The van der Waals surface area contributed by atoms with Crippen LogP contribution < -0.4 is 0 Å². The lowest BCUT2D eigenvalue weighted by Gasteiger charge is -2.09. The molecule has 1 heterocycles. The first-order valence-electron chi connectivity index (χ1n) is 7.20. The Bertz CT molecular complexity index is 781. The van der Waals surface area contributed by atoms with Crippen molar-refractivity contribution in [3.8, 4) is 0 Å². The van der Waals surface area contributed by atoms with Gasteiger partial charge in [0.2, 0.25) is 0 Å². The quantitative estimate of drug-likeness (QED) is 0.631. The van der Waals surface area contributed by atoms with Gasteiger partial charge in [-0.05, 0) is 47.9 Å². The second kappa shape index (κ2) is 5.57. The standard InChI is InChI=1S/C19H18FN/c1-3-14-5-8-16-12-18(4-2)21(19(16)11-14)13-15-6-9-17(20)10-7-15/h4-12H,2-3,13H2,1H3. The first-order chi connectivity index (χ1) is 10.2. The second-order valence-corrected chi connectivity index (χ2v) is 5.23. The van der Waals surface area contributed by atoms with E-state index in [1.54, 1.807) is 0 Å². The van der Waals surface area contributed by atoms with Gasteiger partial charge < -0.3 is 4.57 Å². The van der Waals surface area contributed by atoms with Crippen molar-refractivity contribution in [3.63, 3.8) is 0 Å². The summed E-state index contributed by atoms with van der Waals surface area (Å²) in [6.45, 7) is 6.78. The van der Waals surface area contributed by atoms with E-state index in [0.717, 1.165) is 24.2 Å². The van der Waals surface area contributed by atoms with E-state index < -0.39 is 0 Å². The van der Waals surface area contributed by atoms with Crippen molar-refractivity contribution < 1.29 is 4.39 Å². The number of rotatable bonds is 4. The minimum atomic E-state index is -0.201. The smallest absolute Gasteiger partial charge is 0.123 e. The molecule has 2 heteroatoms. The van der Waals surface area contributed by atoms with Crippen molar-refractivity contribution in [2.75, 3.05) is 0 Å². The van der Waals surface area contributed by atoms with E-state index in [9.17, 15) is 4.39 Å². The van der Waals surface area contributed by atoms with Crippen LogP contribution in [0.3, 0.4) is 0 Å². The maximum atomic E-state index is 13.0. The van der Waals surface area contributed by atoms with Crippen molar-refractivity contribution in [2.45, 2.75) is 19.9 Å². The fourth-order valence-corrected chi connectivity index (χ4v) is 2.66. The van der Waals surface area contributed by atoms with Crippen LogP contribution in [0.15, 0.2) is 55.1 Å². The minimum Gasteiger partial charge on any atom is -0.336 e. The first-order valence-corrected chi connectivity index (χ1v) is 7.20. The Morgan fingerprint density at radius 3 is 2.43 bits per heavy atom. The molecule has 1 aromatic heterocycles. The molecule has 0 N–H and O–H groups in total. The number of hydrogen-bond donors (Lipinski definition) is 0. The summed E-state index contributed by atoms with van der Waals surface area (Å²) in [6, 6.07) is 15.4. The number of benzene rings is 2. The summed E-state index contributed by atoms with van der Waals surface area (Å²) in [4.78, 5) is 0. The summed E-state index contributed by atoms with van der Waals surface area (Å²) >= 11 is 0. The van der Waals surface area contributed by atoms with Gasteiger partial charge in [-0.15, -0.1) is 0 Å². The zero-order chi connectivity index (χ0) is 14.8. The van der Waals surface area contributed by atoms with Crippen LogP contribution in [0.4, 0.5) is 4.39 Å². The molecular formula is C19H18FN. The number of hydrogen-bond acceptors (Lipinski definition) is 0. The number of aromatic nitrogens is 1. The third-order valence-corrected chi connectivity index (χ3v) is 3.87. The van der Waals surface area contributed by atoms with Gasteiger partial charge in [0, 0.05) is 23.1 Å². The molecule has 0 amide bonds. The molecule has 1 nitrogen and oxygen atoms in total. The predicted molar refractivity (Wildman–Crippen MR) is 86.9 cm³/mol. The molecule has 0 aliphatic heterocycles. The Labute approximate surface area is 124 Å². The van der Waals surface area contributed by atoms with Crippen molar-refractivity contribution in [3.05, 3.63) is 77.7 Å². The third kappa shape index (κ3) is 2.62. The van der Waals surface area contributed by atoms with E-state index in [1.165, 1.54) is 28.6 Å². The number of nitrogens with zero attached hydrogens (tertiary/aromatic N) is 1. The van der Waals surface area contributed by atoms with Crippen molar-refractivity contribution in [1.82, 2.24) is 4.57 Å². The predicted octanol–water partition coefficient (Wildman–Crippen LogP) is 5.03. The molecule has 0 aliphatic rings. The highest BCUT2D eigenvalue weighted by Gasteiger charge is 2.08. The molecule has 106 valence electrons. The molecule has 0 spiro atoms. The summed E-state index contributed by atoms with van der Waals surface area (Å²) in [5.41, 5.74) is 4.69. The molecule has 0 saturated heterocycles. The summed E-state index contributed by atoms with van der Waals surface area (Å²) in [5.74, 6) is -0.201. The Balaban J connectivity index is 2.10.